The van der Waals surface area contributed by atoms with Crippen LogP contribution in [0.3, 0.4) is 0 Å². The van der Waals surface area contributed by atoms with Crippen LogP contribution in [0.25, 0.3) is 81.0 Å². The Morgan fingerprint density at radius 2 is 1.09 bits per heavy atom. The molecule has 0 atom stereocenters. The topological polar surface area (TPSA) is 8.17 Å². The molecule has 0 saturated carbocycles. The second-order valence-corrected chi connectivity index (χ2v) is 24.0. The molecule has 2 nitrogen and oxygen atoms in total. The van der Waals surface area contributed by atoms with Gasteiger partial charge in [0.25, 0.3) is 0 Å². The molecule has 320 valence electrons. The van der Waals surface area contributed by atoms with Crippen LogP contribution in [0.5, 0.6) is 0 Å². The summed E-state index contributed by atoms with van der Waals surface area (Å²) in [6.07, 6.45) is 0. The lowest BCUT2D eigenvalue weighted by Crippen LogP contribution is -2.60. The van der Waals surface area contributed by atoms with Crippen LogP contribution in [0, 0.1) is 0 Å². The Morgan fingerprint density at radius 3 is 1.76 bits per heavy atom. The fraction of sp³-hybridized carbons (Fsp3) is 0.226. The van der Waals surface area contributed by atoms with E-state index in [0.29, 0.717) is 0 Å². The monoisotopic (exact) mass is 868 g/mol. The van der Waals surface area contributed by atoms with Crippen molar-refractivity contribution in [2.75, 3.05) is 4.81 Å². The number of rotatable bonds is 1. The van der Waals surface area contributed by atoms with Crippen LogP contribution in [0.1, 0.15) is 103 Å². The summed E-state index contributed by atoms with van der Waals surface area (Å²) in [6.45, 7) is 23.7. The molecule has 2 aliphatic heterocycles. The van der Waals surface area contributed by atoms with E-state index in [9.17, 15) is 0 Å². The SMILES string of the molecule is CC(C)(C)c1ccc(N2B3c4cc5c(cc4-n4c6ccc(C(C)(C)C)cc6c6c7sc8ccccc8c7c(c3c64)-c3cc4c(cc32)C(C)(C)c2ccccc2-4)C(C)(C)c2ccccc2-5)cc1. The Labute approximate surface area is 392 Å². The highest BCUT2D eigenvalue weighted by molar-refractivity contribution is 7.27. The summed E-state index contributed by atoms with van der Waals surface area (Å²) in [7, 11) is 0. The summed E-state index contributed by atoms with van der Waals surface area (Å²) in [4.78, 5) is 2.77. The lowest BCUT2D eigenvalue weighted by atomic mass is 9.43. The third-order valence-corrected chi connectivity index (χ3v) is 17.7. The quantitative estimate of drug-likeness (QED) is 0.149. The van der Waals surface area contributed by atoms with Crippen LogP contribution in [0.15, 0.2) is 140 Å². The fourth-order valence-corrected chi connectivity index (χ4v) is 14.3. The van der Waals surface area contributed by atoms with Gasteiger partial charge in [0.15, 0.2) is 0 Å². The molecule has 66 heavy (non-hydrogen) atoms. The van der Waals surface area contributed by atoms with Crippen LogP contribution in [0.4, 0.5) is 11.4 Å². The molecule has 4 aliphatic rings. The van der Waals surface area contributed by atoms with E-state index in [2.05, 4.69) is 218 Å². The van der Waals surface area contributed by atoms with Crippen molar-refractivity contribution >= 4 is 82.5 Å². The minimum Gasteiger partial charge on any atom is -0.376 e. The average molecular weight is 869 g/mol. The van der Waals surface area contributed by atoms with Crippen molar-refractivity contribution in [2.24, 2.45) is 0 Å². The van der Waals surface area contributed by atoms with Gasteiger partial charge in [0.05, 0.1) is 11.0 Å². The molecule has 8 aromatic carbocycles. The summed E-state index contributed by atoms with van der Waals surface area (Å²) in [5.41, 5.74) is 25.5. The molecule has 10 aromatic rings. The van der Waals surface area contributed by atoms with Gasteiger partial charge in [-0.15, -0.1) is 11.3 Å². The number of hydrogen-bond donors (Lipinski definition) is 0. The molecule has 2 aliphatic carbocycles. The lowest BCUT2D eigenvalue weighted by molar-refractivity contribution is 0.590. The number of nitrogens with zero attached hydrogens (tertiary/aromatic N) is 2. The Hall–Kier alpha value is -6.36. The van der Waals surface area contributed by atoms with E-state index in [1.807, 2.05) is 11.3 Å². The highest BCUT2D eigenvalue weighted by atomic mass is 32.1. The smallest absolute Gasteiger partial charge is 0.333 e. The van der Waals surface area contributed by atoms with E-state index < -0.39 is 0 Å². The zero-order valence-corrected chi connectivity index (χ0v) is 40.5. The van der Waals surface area contributed by atoms with E-state index >= 15 is 0 Å². The molecule has 0 spiro atoms. The van der Waals surface area contributed by atoms with Crippen LogP contribution in [-0.4, -0.2) is 11.4 Å². The van der Waals surface area contributed by atoms with Gasteiger partial charge in [-0.3, -0.25) is 0 Å². The first-order valence-electron chi connectivity index (χ1n) is 24.0. The van der Waals surface area contributed by atoms with Gasteiger partial charge >= 0.3 is 6.85 Å². The molecule has 0 N–H and O–H groups in total. The molecule has 0 amide bonds. The van der Waals surface area contributed by atoms with Crippen molar-refractivity contribution in [2.45, 2.75) is 90.9 Å². The van der Waals surface area contributed by atoms with E-state index in [1.165, 1.54) is 137 Å². The molecule has 0 saturated heterocycles. The maximum Gasteiger partial charge on any atom is 0.333 e. The van der Waals surface area contributed by atoms with Crippen molar-refractivity contribution in [1.29, 1.82) is 0 Å². The van der Waals surface area contributed by atoms with Gasteiger partial charge in [-0.1, -0.05) is 160 Å². The Morgan fingerprint density at radius 1 is 0.500 bits per heavy atom. The normalized spacial score (nSPS) is 15.9. The number of hydrogen-bond acceptors (Lipinski definition) is 2. The standard InChI is InChI=1S/C62H53BN2S/c1-59(2,3)34-23-26-36(27-24-34)65-50-32-46-40(37-17-11-14-20-44(37)61(46,7)8)30-43(50)53-54-39-19-13-16-22-52(39)66-58(54)55-42-29-35(60(4,5)6)25-28-49(42)64-51-33-47-41(31-48(51)63(65)56(53)57(55)64)38-18-12-15-21-45(38)62(47,9)10/h11-33H,1-10H3. The summed E-state index contributed by atoms with van der Waals surface area (Å²) in [5, 5.41) is 5.49. The van der Waals surface area contributed by atoms with Crippen LogP contribution < -0.4 is 15.7 Å². The molecule has 0 unspecified atom stereocenters. The molecular weight excluding hydrogens is 816 g/mol. The van der Waals surface area contributed by atoms with Gasteiger partial charge in [-0.2, -0.15) is 0 Å². The van der Waals surface area contributed by atoms with Crippen LogP contribution in [-0.2, 0) is 21.7 Å². The lowest BCUT2D eigenvalue weighted by Gasteiger charge is -2.43. The van der Waals surface area contributed by atoms with Crippen LogP contribution in [0.2, 0.25) is 0 Å². The minimum atomic E-state index is -0.158. The molecule has 2 aromatic heterocycles. The van der Waals surface area contributed by atoms with Gasteiger partial charge in [-0.05, 0) is 131 Å². The Kier molecular flexibility index (Phi) is 7.27. The Bertz CT molecular complexity index is 3840. The molecule has 0 fully saturated rings. The average Bonchev–Trinajstić information content (AvgIpc) is 3.98. The maximum absolute atomic E-state index is 2.77. The third-order valence-electron chi connectivity index (χ3n) is 16.5. The second kappa shape index (κ2) is 12.3. The van der Waals surface area contributed by atoms with Crippen molar-refractivity contribution in [1.82, 2.24) is 4.57 Å². The predicted octanol–water partition coefficient (Wildman–Crippen LogP) is 15.6. The van der Waals surface area contributed by atoms with Gasteiger partial charge < -0.3 is 9.38 Å². The fourth-order valence-electron chi connectivity index (χ4n) is 13.0. The van der Waals surface area contributed by atoms with Gasteiger partial charge in [0.2, 0.25) is 0 Å². The minimum absolute atomic E-state index is 0.00719. The summed E-state index contributed by atoms with van der Waals surface area (Å²) >= 11 is 1.99. The number of aromatic nitrogens is 1. The van der Waals surface area contributed by atoms with E-state index in [4.69, 9.17) is 0 Å². The molecule has 0 bridgehead atoms. The Balaban J connectivity index is 1.23. The predicted molar refractivity (Wildman–Crippen MR) is 285 cm³/mol. The molecule has 14 rings (SSSR count). The van der Waals surface area contributed by atoms with Crippen molar-refractivity contribution in [3.8, 4) is 39.1 Å². The van der Waals surface area contributed by atoms with Crippen molar-refractivity contribution in [3.63, 3.8) is 0 Å². The summed E-state index contributed by atoms with van der Waals surface area (Å²) in [5.74, 6) is 0. The number of benzene rings is 8. The van der Waals surface area contributed by atoms with Gasteiger partial charge in [0, 0.05) is 64.4 Å². The molecular formula is C62H53BN2S. The zero-order valence-electron chi connectivity index (χ0n) is 39.7. The first-order chi connectivity index (χ1) is 31.5. The molecule has 0 radical (unpaired) electrons. The zero-order chi connectivity index (χ0) is 45.1. The largest absolute Gasteiger partial charge is 0.376 e. The third kappa shape index (κ3) is 4.73. The van der Waals surface area contributed by atoms with Crippen molar-refractivity contribution < 1.29 is 0 Å². The number of thiophene rings is 1. The van der Waals surface area contributed by atoms with Gasteiger partial charge in [-0.25, -0.2) is 0 Å². The summed E-state index contributed by atoms with van der Waals surface area (Å²) in [6, 6.07) is 55.0. The van der Waals surface area contributed by atoms with Crippen LogP contribution >= 0.6 is 11.3 Å². The first kappa shape index (κ1) is 38.9. The first-order valence-corrected chi connectivity index (χ1v) is 24.8. The highest BCUT2D eigenvalue weighted by Crippen LogP contribution is 2.58. The van der Waals surface area contributed by atoms with Crippen molar-refractivity contribution in [3.05, 3.63) is 173 Å². The molecule has 4 heterocycles. The van der Waals surface area contributed by atoms with Gasteiger partial charge in [0.1, 0.15) is 0 Å². The van der Waals surface area contributed by atoms with E-state index in [0.717, 1.165) is 0 Å². The summed E-state index contributed by atoms with van der Waals surface area (Å²) < 4.78 is 5.45. The number of anilines is 2. The highest BCUT2D eigenvalue weighted by Gasteiger charge is 2.49. The second-order valence-electron chi connectivity index (χ2n) is 22.9. The van der Waals surface area contributed by atoms with E-state index in [1.54, 1.807) is 0 Å². The number of fused-ring (bicyclic) bond motifs is 19. The molecule has 4 heteroatoms. The maximum atomic E-state index is 2.77. The van der Waals surface area contributed by atoms with E-state index in [-0.39, 0.29) is 28.5 Å².